The Morgan fingerprint density at radius 3 is 2.34 bits per heavy atom. The SMILES string of the molecule is CCO[C@@H]1C[C@@H](O)C12CCN(C(=O)Nc1ccc(N3CCCCCC3)cc1)CC2. The number of piperidine rings is 1. The normalized spacial score (nSPS) is 26.7. The number of aliphatic hydroxyl groups excluding tert-OH is 1. The number of hydrogen-bond donors (Lipinski definition) is 2. The zero-order valence-electron chi connectivity index (χ0n) is 17.6. The van der Waals surface area contributed by atoms with Crippen molar-refractivity contribution in [3.63, 3.8) is 0 Å². The van der Waals surface area contributed by atoms with Gasteiger partial charge in [-0.05, 0) is 56.9 Å². The van der Waals surface area contributed by atoms with Gasteiger partial charge in [-0.25, -0.2) is 4.79 Å². The van der Waals surface area contributed by atoms with E-state index in [-0.39, 0.29) is 23.7 Å². The van der Waals surface area contributed by atoms with Gasteiger partial charge in [0.1, 0.15) is 0 Å². The van der Waals surface area contributed by atoms with Crippen LogP contribution >= 0.6 is 0 Å². The van der Waals surface area contributed by atoms with Crippen LogP contribution in [0.15, 0.2) is 24.3 Å². The van der Waals surface area contributed by atoms with E-state index in [1.807, 2.05) is 24.0 Å². The molecule has 3 fully saturated rings. The molecule has 2 atom stereocenters. The van der Waals surface area contributed by atoms with Gasteiger partial charge in [0.05, 0.1) is 12.2 Å². The van der Waals surface area contributed by atoms with E-state index in [9.17, 15) is 9.90 Å². The fourth-order valence-corrected chi connectivity index (χ4v) is 5.23. The van der Waals surface area contributed by atoms with Gasteiger partial charge in [-0.3, -0.25) is 0 Å². The van der Waals surface area contributed by atoms with Crippen molar-refractivity contribution in [2.45, 2.75) is 64.1 Å². The predicted molar refractivity (Wildman–Crippen MR) is 115 cm³/mol. The molecule has 2 saturated heterocycles. The van der Waals surface area contributed by atoms with Gasteiger partial charge in [-0.2, -0.15) is 0 Å². The van der Waals surface area contributed by atoms with Crippen LogP contribution in [0.3, 0.4) is 0 Å². The molecular formula is C23H35N3O3. The topological polar surface area (TPSA) is 65.0 Å². The molecule has 2 aliphatic heterocycles. The number of anilines is 2. The minimum atomic E-state index is -0.296. The Balaban J connectivity index is 1.30. The zero-order valence-corrected chi connectivity index (χ0v) is 17.6. The molecule has 2 N–H and O–H groups in total. The van der Waals surface area contributed by atoms with Gasteiger partial charge < -0.3 is 25.0 Å². The van der Waals surface area contributed by atoms with Gasteiger partial charge in [0, 0.05) is 56.0 Å². The van der Waals surface area contributed by atoms with Gasteiger partial charge in [0.2, 0.25) is 0 Å². The molecule has 3 aliphatic rings. The molecule has 2 amide bonds. The number of benzene rings is 1. The van der Waals surface area contributed by atoms with Crippen LogP contribution in [-0.4, -0.2) is 61.0 Å². The maximum Gasteiger partial charge on any atom is 0.321 e. The van der Waals surface area contributed by atoms with E-state index in [0.717, 1.165) is 38.0 Å². The summed E-state index contributed by atoms with van der Waals surface area (Å²) in [6.07, 6.45) is 7.34. The first kappa shape index (κ1) is 20.5. The molecule has 0 unspecified atom stereocenters. The van der Waals surface area contributed by atoms with E-state index in [1.54, 1.807) is 0 Å². The monoisotopic (exact) mass is 401 g/mol. The standard InChI is InChI=1S/C23H35N3O3/c1-2-29-21-17-20(27)23(21)11-15-26(16-12-23)22(28)24-18-7-9-19(10-8-18)25-13-5-3-4-6-14-25/h7-10,20-21,27H,2-6,11-17H2,1H3,(H,24,28)/t20-,21-/m1/s1. The minimum Gasteiger partial charge on any atom is -0.392 e. The van der Waals surface area contributed by atoms with Crippen LogP contribution in [-0.2, 0) is 4.74 Å². The van der Waals surface area contributed by atoms with E-state index < -0.39 is 0 Å². The number of urea groups is 1. The average molecular weight is 402 g/mol. The maximum absolute atomic E-state index is 12.7. The molecule has 29 heavy (non-hydrogen) atoms. The Morgan fingerprint density at radius 2 is 1.76 bits per heavy atom. The molecule has 0 aromatic heterocycles. The van der Waals surface area contributed by atoms with E-state index in [2.05, 4.69) is 22.3 Å². The Bertz CT molecular complexity index is 675. The van der Waals surface area contributed by atoms with Crippen LogP contribution in [0.5, 0.6) is 0 Å². The molecule has 1 saturated carbocycles. The van der Waals surface area contributed by atoms with Crippen molar-refractivity contribution < 1.29 is 14.6 Å². The van der Waals surface area contributed by atoms with Crippen molar-refractivity contribution in [1.82, 2.24) is 4.90 Å². The molecule has 4 rings (SSSR count). The highest BCUT2D eigenvalue weighted by Gasteiger charge is 2.56. The first-order valence-corrected chi connectivity index (χ1v) is 11.3. The summed E-state index contributed by atoms with van der Waals surface area (Å²) in [5.74, 6) is 0. The van der Waals surface area contributed by atoms with E-state index in [0.29, 0.717) is 19.7 Å². The molecule has 1 aromatic rings. The minimum absolute atomic E-state index is 0.0517. The second-order valence-corrected chi connectivity index (χ2v) is 8.79. The first-order valence-electron chi connectivity index (χ1n) is 11.3. The summed E-state index contributed by atoms with van der Waals surface area (Å²) in [5.41, 5.74) is 1.93. The largest absolute Gasteiger partial charge is 0.392 e. The number of nitrogens with zero attached hydrogens (tertiary/aromatic N) is 2. The Morgan fingerprint density at radius 1 is 1.10 bits per heavy atom. The summed E-state index contributed by atoms with van der Waals surface area (Å²) in [5, 5.41) is 13.4. The van der Waals surface area contributed by atoms with Crippen molar-refractivity contribution >= 4 is 17.4 Å². The summed E-state index contributed by atoms with van der Waals surface area (Å²) in [4.78, 5) is 17.0. The summed E-state index contributed by atoms with van der Waals surface area (Å²) in [6, 6.07) is 8.19. The van der Waals surface area contributed by atoms with Gasteiger partial charge in [0.15, 0.2) is 0 Å². The molecule has 1 aliphatic carbocycles. The lowest BCUT2D eigenvalue weighted by molar-refractivity contribution is -0.207. The number of rotatable bonds is 4. The lowest BCUT2D eigenvalue weighted by atomic mass is 9.58. The second-order valence-electron chi connectivity index (χ2n) is 8.79. The number of hydrogen-bond acceptors (Lipinski definition) is 4. The Kier molecular flexibility index (Phi) is 6.30. The van der Waals surface area contributed by atoms with Gasteiger partial charge >= 0.3 is 6.03 Å². The number of carbonyl (C=O) groups is 1. The third-order valence-corrected chi connectivity index (χ3v) is 7.18. The van der Waals surface area contributed by atoms with Crippen LogP contribution in [0, 0.1) is 5.41 Å². The lowest BCUT2D eigenvalue weighted by Gasteiger charge is -2.56. The molecule has 1 aromatic carbocycles. The van der Waals surface area contributed by atoms with Gasteiger partial charge in [0.25, 0.3) is 0 Å². The lowest BCUT2D eigenvalue weighted by Crippen LogP contribution is -2.63. The van der Waals surface area contributed by atoms with Crippen LogP contribution < -0.4 is 10.2 Å². The van der Waals surface area contributed by atoms with Crippen LogP contribution in [0.25, 0.3) is 0 Å². The van der Waals surface area contributed by atoms with Crippen LogP contribution in [0.4, 0.5) is 16.2 Å². The summed E-state index contributed by atoms with van der Waals surface area (Å²) >= 11 is 0. The highest BCUT2D eigenvalue weighted by Crippen LogP contribution is 2.50. The highest BCUT2D eigenvalue weighted by molar-refractivity contribution is 5.89. The third-order valence-electron chi connectivity index (χ3n) is 7.18. The molecule has 160 valence electrons. The van der Waals surface area contributed by atoms with Gasteiger partial charge in [-0.1, -0.05) is 12.8 Å². The van der Waals surface area contributed by atoms with Crippen molar-refractivity contribution in [3.8, 4) is 0 Å². The molecule has 6 nitrogen and oxygen atoms in total. The number of ether oxygens (including phenoxy) is 1. The number of carbonyl (C=O) groups excluding carboxylic acids is 1. The van der Waals surface area contributed by atoms with Crippen molar-refractivity contribution in [2.75, 3.05) is 43.0 Å². The predicted octanol–water partition coefficient (Wildman–Crippen LogP) is 3.85. The summed E-state index contributed by atoms with van der Waals surface area (Å²) in [6.45, 7) is 6.25. The van der Waals surface area contributed by atoms with Crippen molar-refractivity contribution in [2.24, 2.45) is 5.41 Å². The Hall–Kier alpha value is -1.79. The zero-order chi connectivity index (χ0) is 20.3. The van der Waals surface area contributed by atoms with Crippen molar-refractivity contribution in [3.05, 3.63) is 24.3 Å². The fraction of sp³-hybridized carbons (Fsp3) is 0.696. The third kappa shape index (κ3) is 4.24. The average Bonchev–Trinajstić information content (AvgIpc) is 3.04. The number of amides is 2. The van der Waals surface area contributed by atoms with E-state index in [4.69, 9.17) is 4.74 Å². The molecule has 2 heterocycles. The molecular weight excluding hydrogens is 366 g/mol. The van der Waals surface area contributed by atoms with Crippen molar-refractivity contribution in [1.29, 1.82) is 0 Å². The summed E-state index contributed by atoms with van der Waals surface area (Å²) in [7, 11) is 0. The van der Waals surface area contributed by atoms with Gasteiger partial charge in [-0.15, -0.1) is 0 Å². The molecule has 0 radical (unpaired) electrons. The quantitative estimate of drug-likeness (QED) is 0.804. The van der Waals surface area contributed by atoms with Crippen LogP contribution in [0.1, 0.15) is 51.9 Å². The van der Waals surface area contributed by atoms with E-state index in [1.165, 1.54) is 31.4 Å². The number of likely N-dealkylation sites (tertiary alicyclic amines) is 1. The molecule has 1 spiro atoms. The highest BCUT2D eigenvalue weighted by atomic mass is 16.5. The van der Waals surface area contributed by atoms with Crippen LogP contribution in [0.2, 0.25) is 0 Å². The number of nitrogens with one attached hydrogen (secondary N) is 1. The molecule has 0 bridgehead atoms. The first-order chi connectivity index (χ1) is 14.1. The number of aliphatic hydroxyl groups is 1. The summed E-state index contributed by atoms with van der Waals surface area (Å²) < 4.78 is 5.82. The Labute approximate surface area is 174 Å². The fourth-order valence-electron chi connectivity index (χ4n) is 5.23. The smallest absolute Gasteiger partial charge is 0.321 e. The second kappa shape index (κ2) is 8.92. The molecule has 6 heteroatoms. The maximum atomic E-state index is 12.7. The van der Waals surface area contributed by atoms with E-state index >= 15 is 0 Å².